The molecule has 0 aromatic heterocycles. The Balaban J connectivity index is 2.02. The number of nitrogens with zero attached hydrogens (tertiary/aromatic N) is 1. The van der Waals surface area contributed by atoms with Crippen LogP contribution in [-0.4, -0.2) is 23.3 Å². The number of benzene rings is 2. The number of hydrogen-bond donors (Lipinski definition) is 1. The zero-order valence-electron chi connectivity index (χ0n) is 14.2. The molecule has 1 aliphatic heterocycles. The smallest absolute Gasteiger partial charge is 0.278 e. The lowest BCUT2D eigenvalue weighted by Gasteiger charge is -2.12. The van der Waals surface area contributed by atoms with Gasteiger partial charge in [-0.1, -0.05) is 55.5 Å². The van der Waals surface area contributed by atoms with Crippen LogP contribution in [-0.2, 0) is 16.0 Å². The van der Waals surface area contributed by atoms with Crippen LogP contribution in [0.2, 0.25) is 0 Å². The molecule has 25 heavy (non-hydrogen) atoms. The van der Waals surface area contributed by atoms with E-state index in [0.717, 1.165) is 17.7 Å². The van der Waals surface area contributed by atoms with E-state index in [-0.39, 0.29) is 18.4 Å². The Bertz CT molecular complexity index is 836. The molecule has 3 rings (SSSR count). The molecule has 1 N–H and O–H groups in total. The molecule has 0 fully saturated rings. The summed E-state index contributed by atoms with van der Waals surface area (Å²) in [6, 6.07) is 17.1. The van der Waals surface area contributed by atoms with Crippen molar-refractivity contribution in [2.75, 3.05) is 11.9 Å². The summed E-state index contributed by atoms with van der Waals surface area (Å²) in [5.41, 5.74) is 3.42. The van der Waals surface area contributed by atoms with Gasteiger partial charge >= 0.3 is 0 Å². The molecule has 4 heteroatoms. The summed E-state index contributed by atoms with van der Waals surface area (Å²) < 4.78 is 0. The monoisotopic (exact) mass is 332 g/mol. The summed E-state index contributed by atoms with van der Waals surface area (Å²) in [5.74, 6) is -0.632. The third-order valence-corrected chi connectivity index (χ3v) is 4.17. The second-order valence-corrected chi connectivity index (χ2v) is 5.80. The molecule has 0 unspecified atom stereocenters. The molecule has 2 amide bonds. The van der Waals surface area contributed by atoms with Crippen molar-refractivity contribution >= 4 is 23.1 Å². The van der Waals surface area contributed by atoms with Crippen LogP contribution in [0.1, 0.15) is 18.1 Å². The van der Waals surface area contributed by atoms with Gasteiger partial charge in [-0.15, -0.1) is 6.58 Å². The van der Waals surface area contributed by atoms with Crippen LogP contribution in [0.5, 0.6) is 0 Å². The Labute approximate surface area is 147 Å². The highest BCUT2D eigenvalue weighted by Gasteiger charge is 2.38. The van der Waals surface area contributed by atoms with E-state index in [4.69, 9.17) is 0 Å². The Morgan fingerprint density at radius 2 is 1.68 bits per heavy atom. The van der Waals surface area contributed by atoms with E-state index in [0.29, 0.717) is 11.3 Å². The number of aryl methyl sites for hydroxylation is 1. The maximum absolute atomic E-state index is 12.8. The van der Waals surface area contributed by atoms with Gasteiger partial charge in [-0.25, -0.2) is 0 Å². The average Bonchev–Trinajstić information content (AvgIpc) is 2.88. The van der Waals surface area contributed by atoms with Gasteiger partial charge in [0, 0.05) is 12.2 Å². The van der Waals surface area contributed by atoms with Crippen molar-refractivity contribution in [3.05, 3.63) is 84.1 Å². The minimum Gasteiger partial charge on any atom is -0.350 e. The summed E-state index contributed by atoms with van der Waals surface area (Å²) in [6.07, 6.45) is 2.50. The molecule has 0 aliphatic carbocycles. The Hall–Kier alpha value is -3.14. The molecule has 1 aliphatic rings. The Kier molecular flexibility index (Phi) is 4.80. The minimum atomic E-state index is -0.330. The number of imide groups is 1. The fraction of sp³-hybridized carbons (Fsp3) is 0.143. The van der Waals surface area contributed by atoms with E-state index >= 15 is 0 Å². The summed E-state index contributed by atoms with van der Waals surface area (Å²) in [4.78, 5) is 26.7. The number of nitrogens with one attached hydrogen (secondary N) is 1. The van der Waals surface area contributed by atoms with Crippen molar-refractivity contribution in [3.8, 4) is 0 Å². The van der Waals surface area contributed by atoms with E-state index < -0.39 is 0 Å². The lowest BCUT2D eigenvalue weighted by molar-refractivity contribution is -0.136. The zero-order chi connectivity index (χ0) is 17.8. The van der Waals surface area contributed by atoms with Crippen LogP contribution in [0, 0.1) is 0 Å². The van der Waals surface area contributed by atoms with Crippen LogP contribution >= 0.6 is 0 Å². The lowest BCUT2D eigenvalue weighted by Crippen LogP contribution is -2.32. The number of carbonyl (C=O) groups is 2. The quantitative estimate of drug-likeness (QED) is 0.649. The molecule has 0 atom stereocenters. The lowest BCUT2D eigenvalue weighted by atomic mass is 10.0. The van der Waals surface area contributed by atoms with Crippen molar-refractivity contribution in [2.24, 2.45) is 0 Å². The second kappa shape index (κ2) is 7.18. The van der Waals surface area contributed by atoms with Crippen molar-refractivity contribution in [2.45, 2.75) is 13.3 Å². The van der Waals surface area contributed by atoms with Crippen molar-refractivity contribution in [1.29, 1.82) is 0 Å². The Morgan fingerprint density at radius 3 is 2.28 bits per heavy atom. The van der Waals surface area contributed by atoms with Gasteiger partial charge in [-0.2, -0.15) is 0 Å². The van der Waals surface area contributed by atoms with Gasteiger partial charge in [0.1, 0.15) is 5.70 Å². The molecule has 0 saturated carbocycles. The molecule has 1 heterocycles. The van der Waals surface area contributed by atoms with Gasteiger partial charge in [-0.3, -0.25) is 14.5 Å². The highest BCUT2D eigenvalue weighted by atomic mass is 16.2. The van der Waals surface area contributed by atoms with E-state index in [1.165, 1.54) is 10.5 Å². The first-order valence-corrected chi connectivity index (χ1v) is 8.28. The van der Waals surface area contributed by atoms with Crippen molar-refractivity contribution in [1.82, 2.24) is 4.90 Å². The minimum absolute atomic E-state index is 0.188. The third-order valence-electron chi connectivity index (χ3n) is 4.17. The topological polar surface area (TPSA) is 49.4 Å². The van der Waals surface area contributed by atoms with Gasteiger partial charge < -0.3 is 5.32 Å². The SMILES string of the molecule is C=CCN1C(=O)C(Nc2ccc(CC)cc2)=C(c2ccccc2)C1=O. The first-order valence-electron chi connectivity index (χ1n) is 8.28. The maximum Gasteiger partial charge on any atom is 0.278 e. The normalized spacial score (nSPS) is 14.2. The summed E-state index contributed by atoms with van der Waals surface area (Å²) >= 11 is 0. The van der Waals surface area contributed by atoms with E-state index in [1.54, 1.807) is 6.08 Å². The van der Waals surface area contributed by atoms with Gasteiger partial charge in [0.25, 0.3) is 11.8 Å². The molecule has 2 aromatic carbocycles. The molecule has 4 nitrogen and oxygen atoms in total. The van der Waals surface area contributed by atoms with Crippen molar-refractivity contribution in [3.63, 3.8) is 0 Å². The summed E-state index contributed by atoms with van der Waals surface area (Å²) in [6.45, 7) is 5.91. The fourth-order valence-electron chi connectivity index (χ4n) is 2.83. The molecule has 0 radical (unpaired) electrons. The van der Waals surface area contributed by atoms with Gasteiger partial charge in [-0.05, 0) is 29.7 Å². The molecular weight excluding hydrogens is 312 g/mol. The molecule has 126 valence electrons. The molecule has 2 aromatic rings. The Morgan fingerprint density at radius 1 is 1.00 bits per heavy atom. The number of amides is 2. The van der Waals surface area contributed by atoms with Gasteiger partial charge in [0.15, 0.2) is 0 Å². The highest BCUT2D eigenvalue weighted by Crippen LogP contribution is 2.30. The standard InChI is InChI=1S/C21H20N2O2/c1-3-14-23-20(24)18(16-8-6-5-7-9-16)19(21(23)25)22-17-12-10-15(4-2)11-13-17/h3,5-13,22H,1,4,14H2,2H3. The average molecular weight is 332 g/mol. The molecule has 0 spiro atoms. The largest absolute Gasteiger partial charge is 0.350 e. The first kappa shape index (κ1) is 16.7. The number of rotatable bonds is 6. The fourth-order valence-corrected chi connectivity index (χ4v) is 2.83. The van der Waals surface area contributed by atoms with Crippen LogP contribution in [0.3, 0.4) is 0 Å². The summed E-state index contributed by atoms with van der Waals surface area (Å²) in [5, 5.41) is 3.14. The molecule has 0 bridgehead atoms. The number of anilines is 1. The van der Waals surface area contributed by atoms with E-state index in [9.17, 15) is 9.59 Å². The predicted octanol–water partition coefficient (Wildman–Crippen LogP) is 3.63. The van der Waals surface area contributed by atoms with Crippen LogP contribution in [0.15, 0.2) is 72.9 Å². The number of hydrogen-bond acceptors (Lipinski definition) is 3. The van der Waals surface area contributed by atoms with Gasteiger partial charge in [0.2, 0.25) is 0 Å². The number of carbonyl (C=O) groups excluding carboxylic acids is 2. The van der Waals surface area contributed by atoms with Crippen LogP contribution in [0.4, 0.5) is 5.69 Å². The van der Waals surface area contributed by atoms with E-state index in [2.05, 4.69) is 18.8 Å². The van der Waals surface area contributed by atoms with E-state index in [1.807, 2.05) is 54.6 Å². The van der Waals surface area contributed by atoms with Crippen LogP contribution < -0.4 is 5.32 Å². The summed E-state index contributed by atoms with van der Waals surface area (Å²) in [7, 11) is 0. The van der Waals surface area contributed by atoms with Crippen LogP contribution in [0.25, 0.3) is 5.57 Å². The molecule has 0 saturated heterocycles. The molecular formula is C21H20N2O2. The first-order chi connectivity index (χ1) is 12.2. The maximum atomic E-state index is 12.8. The predicted molar refractivity (Wildman–Crippen MR) is 99.7 cm³/mol. The third kappa shape index (κ3) is 3.24. The van der Waals surface area contributed by atoms with Gasteiger partial charge in [0.05, 0.1) is 5.57 Å². The second-order valence-electron chi connectivity index (χ2n) is 5.80. The highest BCUT2D eigenvalue weighted by molar-refractivity contribution is 6.36. The zero-order valence-corrected chi connectivity index (χ0v) is 14.2. The van der Waals surface area contributed by atoms with Crippen molar-refractivity contribution < 1.29 is 9.59 Å².